The molecule has 92 valence electrons. The average Bonchev–Trinajstić information content (AvgIpc) is 2.40. The molecule has 0 N–H and O–H groups in total. The van der Waals surface area contributed by atoms with Crippen molar-refractivity contribution in [2.24, 2.45) is 5.92 Å². The van der Waals surface area contributed by atoms with Gasteiger partial charge >= 0.3 is 0 Å². The first-order chi connectivity index (χ1) is 8.31. The van der Waals surface area contributed by atoms with Crippen molar-refractivity contribution in [1.82, 2.24) is 4.90 Å². The number of hydrogen-bond donors (Lipinski definition) is 0. The minimum Gasteiger partial charge on any atom is -0.306 e. The number of rotatable bonds is 1. The largest absolute Gasteiger partial charge is 0.306 e. The van der Waals surface area contributed by atoms with Gasteiger partial charge in [0.1, 0.15) is 0 Å². The highest BCUT2D eigenvalue weighted by Crippen LogP contribution is 2.48. The van der Waals surface area contributed by atoms with Crippen molar-refractivity contribution in [3.8, 4) is 0 Å². The Bertz CT molecular complexity index is 372. The first kappa shape index (κ1) is 11.3. The Morgan fingerprint density at radius 2 is 1.94 bits per heavy atom. The molecule has 0 radical (unpaired) electrons. The summed E-state index contributed by atoms with van der Waals surface area (Å²) in [6, 6.07) is 11.3. The van der Waals surface area contributed by atoms with Gasteiger partial charge in [0.25, 0.3) is 0 Å². The van der Waals surface area contributed by atoms with Crippen LogP contribution in [0.15, 0.2) is 30.3 Å². The van der Waals surface area contributed by atoms with E-state index >= 15 is 0 Å². The van der Waals surface area contributed by atoms with E-state index in [1.54, 1.807) is 5.56 Å². The Morgan fingerprint density at radius 1 is 1.12 bits per heavy atom. The van der Waals surface area contributed by atoms with Crippen LogP contribution >= 0.6 is 0 Å². The summed E-state index contributed by atoms with van der Waals surface area (Å²) in [5, 5.41) is 0. The van der Waals surface area contributed by atoms with E-state index in [-0.39, 0.29) is 0 Å². The minimum absolute atomic E-state index is 0.506. The molecule has 0 bridgehead atoms. The van der Waals surface area contributed by atoms with Crippen molar-refractivity contribution in [3.63, 3.8) is 0 Å². The molecule has 2 atom stereocenters. The Balaban J connectivity index is 1.96. The van der Waals surface area contributed by atoms with Gasteiger partial charge in [-0.2, -0.15) is 0 Å². The van der Waals surface area contributed by atoms with Crippen LogP contribution in [0.3, 0.4) is 0 Å². The quantitative estimate of drug-likeness (QED) is 0.713. The van der Waals surface area contributed by atoms with Gasteiger partial charge in [-0.05, 0) is 44.3 Å². The van der Waals surface area contributed by atoms with E-state index in [4.69, 9.17) is 0 Å². The van der Waals surface area contributed by atoms with Crippen LogP contribution in [0.2, 0.25) is 0 Å². The molecule has 0 unspecified atom stereocenters. The third-order valence-corrected chi connectivity index (χ3v) is 5.03. The second-order valence-corrected chi connectivity index (χ2v) is 5.98. The maximum atomic E-state index is 2.52. The molecule has 1 saturated heterocycles. The number of nitrogens with zero attached hydrogens (tertiary/aromatic N) is 1. The van der Waals surface area contributed by atoms with E-state index in [9.17, 15) is 0 Å². The molecular formula is C16H23N. The van der Waals surface area contributed by atoms with Crippen LogP contribution in [0, 0.1) is 5.92 Å². The van der Waals surface area contributed by atoms with Crippen molar-refractivity contribution in [1.29, 1.82) is 0 Å². The molecule has 0 amide bonds. The molecule has 1 nitrogen and oxygen atoms in total. The molecule has 1 aliphatic carbocycles. The zero-order chi connectivity index (χ0) is 11.7. The van der Waals surface area contributed by atoms with Gasteiger partial charge in [0.2, 0.25) is 0 Å². The standard InChI is InChI=1S/C16H23N/c1-17-12-11-16(14-7-3-2-4-8-14)10-6-5-9-15(16)13-17/h2-4,7-8,15H,5-6,9-13H2,1H3/t15-,16+/m0/s1. The molecule has 0 spiro atoms. The minimum atomic E-state index is 0.506. The molecule has 2 aliphatic rings. The van der Waals surface area contributed by atoms with Gasteiger partial charge in [0.15, 0.2) is 0 Å². The molecule has 1 aliphatic heterocycles. The topological polar surface area (TPSA) is 3.24 Å². The fourth-order valence-electron chi connectivity index (χ4n) is 4.06. The lowest BCUT2D eigenvalue weighted by atomic mass is 9.59. The first-order valence-electron chi connectivity index (χ1n) is 7.05. The van der Waals surface area contributed by atoms with Gasteiger partial charge in [0, 0.05) is 12.0 Å². The van der Waals surface area contributed by atoms with Crippen LogP contribution in [0.5, 0.6) is 0 Å². The van der Waals surface area contributed by atoms with Crippen LogP contribution in [0.1, 0.15) is 37.7 Å². The highest BCUT2D eigenvalue weighted by Gasteiger charge is 2.44. The van der Waals surface area contributed by atoms with E-state index in [1.165, 1.54) is 45.2 Å². The highest BCUT2D eigenvalue weighted by molar-refractivity contribution is 5.28. The number of likely N-dealkylation sites (tertiary alicyclic amines) is 1. The molecule has 17 heavy (non-hydrogen) atoms. The smallest absolute Gasteiger partial charge is 0.00151 e. The van der Waals surface area contributed by atoms with Crippen LogP contribution in [-0.4, -0.2) is 25.0 Å². The highest BCUT2D eigenvalue weighted by atomic mass is 15.1. The summed E-state index contributed by atoms with van der Waals surface area (Å²) in [7, 11) is 2.28. The van der Waals surface area contributed by atoms with Crippen LogP contribution in [0.25, 0.3) is 0 Å². The third-order valence-electron chi connectivity index (χ3n) is 5.03. The zero-order valence-electron chi connectivity index (χ0n) is 10.9. The predicted molar refractivity (Wildman–Crippen MR) is 72.2 cm³/mol. The number of hydrogen-bond acceptors (Lipinski definition) is 1. The second-order valence-electron chi connectivity index (χ2n) is 5.98. The zero-order valence-corrected chi connectivity index (χ0v) is 10.9. The van der Waals surface area contributed by atoms with Gasteiger partial charge in [-0.1, -0.05) is 43.2 Å². The fourth-order valence-corrected chi connectivity index (χ4v) is 4.06. The maximum Gasteiger partial charge on any atom is 0.00151 e. The molecule has 0 aromatic heterocycles. The van der Waals surface area contributed by atoms with Crippen molar-refractivity contribution in [2.75, 3.05) is 20.1 Å². The SMILES string of the molecule is CN1CC[C@@]2(c3ccccc3)CCCC[C@H]2C1. The maximum absolute atomic E-state index is 2.52. The van der Waals surface area contributed by atoms with E-state index in [1.807, 2.05) is 0 Å². The van der Waals surface area contributed by atoms with E-state index in [2.05, 4.69) is 42.3 Å². The van der Waals surface area contributed by atoms with Gasteiger partial charge in [0.05, 0.1) is 0 Å². The van der Waals surface area contributed by atoms with Gasteiger partial charge in [-0.15, -0.1) is 0 Å². The molecule has 1 heteroatoms. The fraction of sp³-hybridized carbons (Fsp3) is 0.625. The van der Waals surface area contributed by atoms with Crippen molar-refractivity contribution >= 4 is 0 Å². The van der Waals surface area contributed by atoms with Crippen LogP contribution in [0.4, 0.5) is 0 Å². The number of benzene rings is 1. The molecule has 1 heterocycles. The normalized spacial score (nSPS) is 34.3. The summed E-state index contributed by atoms with van der Waals surface area (Å²) in [5.41, 5.74) is 2.12. The average molecular weight is 229 g/mol. The lowest BCUT2D eigenvalue weighted by molar-refractivity contribution is 0.0708. The predicted octanol–water partition coefficient (Wildman–Crippen LogP) is 3.45. The van der Waals surface area contributed by atoms with E-state index in [0.717, 1.165) is 5.92 Å². The molecule has 1 aromatic carbocycles. The Morgan fingerprint density at radius 3 is 2.76 bits per heavy atom. The molecule has 1 saturated carbocycles. The summed E-state index contributed by atoms with van der Waals surface area (Å²) >= 11 is 0. The first-order valence-corrected chi connectivity index (χ1v) is 7.05. The lowest BCUT2D eigenvalue weighted by Gasteiger charge is -2.50. The van der Waals surface area contributed by atoms with Gasteiger partial charge in [-0.25, -0.2) is 0 Å². The number of fused-ring (bicyclic) bond motifs is 1. The van der Waals surface area contributed by atoms with E-state index < -0.39 is 0 Å². The van der Waals surface area contributed by atoms with Gasteiger partial charge < -0.3 is 4.90 Å². The third kappa shape index (κ3) is 1.91. The van der Waals surface area contributed by atoms with Crippen LogP contribution < -0.4 is 0 Å². The van der Waals surface area contributed by atoms with Crippen molar-refractivity contribution < 1.29 is 0 Å². The molecule has 3 rings (SSSR count). The summed E-state index contributed by atoms with van der Waals surface area (Å²) in [5.74, 6) is 0.886. The molecule has 2 fully saturated rings. The van der Waals surface area contributed by atoms with Crippen molar-refractivity contribution in [3.05, 3.63) is 35.9 Å². The Hall–Kier alpha value is -0.820. The lowest BCUT2D eigenvalue weighted by Crippen LogP contribution is -2.50. The molecular weight excluding hydrogens is 206 g/mol. The summed E-state index contributed by atoms with van der Waals surface area (Å²) < 4.78 is 0. The second kappa shape index (κ2) is 4.45. The summed E-state index contributed by atoms with van der Waals surface area (Å²) in [6.07, 6.45) is 7.06. The van der Waals surface area contributed by atoms with Crippen molar-refractivity contribution in [2.45, 2.75) is 37.5 Å². The number of piperidine rings is 1. The summed E-state index contributed by atoms with van der Waals surface area (Å²) in [6.45, 7) is 2.57. The van der Waals surface area contributed by atoms with E-state index in [0.29, 0.717) is 5.41 Å². The monoisotopic (exact) mass is 229 g/mol. The Labute approximate surface area is 105 Å². The summed E-state index contributed by atoms with van der Waals surface area (Å²) in [4.78, 5) is 2.52. The molecule has 1 aromatic rings. The Kier molecular flexibility index (Phi) is 2.96. The van der Waals surface area contributed by atoms with Crippen LogP contribution in [-0.2, 0) is 5.41 Å². The van der Waals surface area contributed by atoms with Gasteiger partial charge in [-0.3, -0.25) is 0 Å².